The standard InChI is InChI=1S/C22H23N3O4/c1-14-10-15(2)13-25(12-14)22(27)16-6-3-4-7-17(16)23-21(26)18-11-20(29-24-18)19-8-5-9-28-19/h3-9,11,14-15H,10,12-13H2,1-2H3,(H,23,26)/t14-,15-/m0/s1. The maximum atomic E-state index is 13.1. The first-order chi connectivity index (χ1) is 14.0. The Morgan fingerprint density at radius 2 is 1.83 bits per heavy atom. The lowest BCUT2D eigenvalue weighted by molar-refractivity contribution is 0.0624. The molecule has 3 aromatic rings. The van der Waals surface area contributed by atoms with E-state index in [0.29, 0.717) is 34.6 Å². The number of amides is 2. The van der Waals surface area contributed by atoms with Crippen LogP contribution >= 0.6 is 0 Å². The number of anilines is 1. The molecule has 2 aromatic heterocycles. The van der Waals surface area contributed by atoms with Crippen molar-refractivity contribution in [3.63, 3.8) is 0 Å². The number of hydrogen-bond donors (Lipinski definition) is 1. The second-order valence-electron chi connectivity index (χ2n) is 7.71. The van der Waals surface area contributed by atoms with Crippen molar-refractivity contribution in [3.8, 4) is 11.5 Å². The third-order valence-corrected chi connectivity index (χ3v) is 5.07. The van der Waals surface area contributed by atoms with Crippen LogP contribution in [0.15, 0.2) is 57.7 Å². The molecule has 2 atom stereocenters. The second kappa shape index (κ2) is 7.95. The molecule has 7 nitrogen and oxygen atoms in total. The molecular weight excluding hydrogens is 370 g/mol. The van der Waals surface area contributed by atoms with Gasteiger partial charge in [0.15, 0.2) is 11.5 Å². The Labute approximate surface area is 168 Å². The zero-order valence-corrected chi connectivity index (χ0v) is 16.4. The average molecular weight is 393 g/mol. The van der Waals surface area contributed by atoms with Gasteiger partial charge in [-0.1, -0.05) is 31.1 Å². The predicted octanol–water partition coefficient (Wildman–Crippen LogP) is 4.31. The largest absolute Gasteiger partial charge is 0.461 e. The molecule has 0 unspecified atom stereocenters. The highest BCUT2D eigenvalue weighted by molar-refractivity contribution is 6.08. The molecule has 1 fully saturated rings. The fraction of sp³-hybridized carbons (Fsp3) is 0.318. The summed E-state index contributed by atoms with van der Waals surface area (Å²) in [4.78, 5) is 27.7. The number of likely N-dealkylation sites (tertiary alicyclic amines) is 1. The summed E-state index contributed by atoms with van der Waals surface area (Å²) in [5.41, 5.74) is 1.03. The van der Waals surface area contributed by atoms with Crippen LogP contribution in [-0.4, -0.2) is 35.0 Å². The van der Waals surface area contributed by atoms with Gasteiger partial charge in [0.05, 0.1) is 17.5 Å². The minimum absolute atomic E-state index is 0.0734. The number of furan rings is 1. The van der Waals surface area contributed by atoms with Crippen LogP contribution in [0.25, 0.3) is 11.5 Å². The molecule has 1 N–H and O–H groups in total. The molecule has 7 heteroatoms. The lowest BCUT2D eigenvalue weighted by atomic mass is 9.91. The first kappa shape index (κ1) is 19.0. The Morgan fingerprint density at radius 1 is 1.07 bits per heavy atom. The van der Waals surface area contributed by atoms with E-state index in [4.69, 9.17) is 8.94 Å². The number of carbonyl (C=O) groups excluding carboxylic acids is 2. The van der Waals surface area contributed by atoms with E-state index in [9.17, 15) is 9.59 Å². The van der Waals surface area contributed by atoms with Gasteiger partial charge in [-0.15, -0.1) is 0 Å². The van der Waals surface area contributed by atoms with Gasteiger partial charge in [-0.05, 0) is 42.5 Å². The molecule has 0 radical (unpaired) electrons. The van der Waals surface area contributed by atoms with E-state index >= 15 is 0 Å². The maximum absolute atomic E-state index is 13.1. The number of para-hydroxylation sites is 1. The highest BCUT2D eigenvalue weighted by Gasteiger charge is 2.28. The number of carbonyl (C=O) groups is 2. The smallest absolute Gasteiger partial charge is 0.277 e. The topological polar surface area (TPSA) is 88.6 Å². The number of hydrogen-bond acceptors (Lipinski definition) is 5. The third kappa shape index (κ3) is 4.08. The Balaban J connectivity index is 1.52. The van der Waals surface area contributed by atoms with Gasteiger partial charge in [-0.25, -0.2) is 0 Å². The van der Waals surface area contributed by atoms with Gasteiger partial charge >= 0.3 is 0 Å². The minimum atomic E-state index is -0.452. The van der Waals surface area contributed by atoms with Crippen molar-refractivity contribution in [1.82, 2.24) is 10.1 Å². The molecule has 4 rings (SSSR count). The lowest BCUT2D eigenvalue weighted by Gasteiger charge is -2.35. The summed E-state index contributed by atoms with van der Waals surface area (Å²) < 4.78 is 10.4. The predicted molar refractivity (Wildman–Crippen MR) is 107 cm³/mol. The van der Waals surface area contributed by atoms with Gasteiger partial charge in [-0.2, -0.15) is 0 Å². The van der Waals surface area contributed by atoms with Crippen LogP contribution in [0.2, 0.25) is 0 Å². The van der Waals surface area contributed by atoms with Gasteiger partial charge in [-0.3, -0.25) is 9.59 Å². The molecule has 0 saturated carbocycles. The molecule has 29 heavy (non-hydrogen) atoms. The van der Waals surface area contributed by atoms with E-state index < -0.39 is 5.91 Å². The van der Waals surface area contributed by atoms with E-state index in [1.165, 1.54) is 12.3 Å². The van der Waals surface area contributed by atoms with Crippen LogP contribution in [0.1, 0.15) is 41.1 Å². The Bertz CT molecular complexity index is 999. The minimum Gasteiger partial charge on any atom is -0.461 e. The highest BCUT2D eigenvalue weighted by Crippen LogP contribution is 2.26. The number of nitrogens with zero attached hydrogens (tertiary/aromatic N) is 2. The zero-order chi connectivity index (χ0) is 20.4. The number of piperidine rings is 1. The van der Waals surface area contributed by atoms with Crippen molar-refractivity contribution in [1.29, 1.82) is 0 Å². The van der Waals surface area contributed by atoms with Crippen LogP contribution in [0, 0.1) is 11.8 Å². The van der Waals surface area contributed by atoms with Crippen molar-refractivity contribution in [2.45, 2.75) is 20.3 Å². The molecule has 0 aliphatic carbocycles. The first-order valence-electron chi connectivity index (χ1n) is 9.71. The number of rotatable bonds is 4. The van der Waals surface area contributed by atoms with E-state index in [1.54, 1.807) is 36.4 Å². The van der Waals surface area contributed by atoms with Gasteiger partial charge in [0.25, 0.3) is 11.8 Å². The van der Waals surface area contributed by atoms with Crippen LogP contribution in [0.4, 0.5) is 5.69 Å². The number of nitrogens with one attached hydrogen (secondary N) is 1. The van der Waals surface area contributed by atoms with Gasteiger partial charge in [0.2, 0.25) is 5.76 Å². The van der Waals surface area contributed by atoms with Gasteiger partial charge in [0, 0.05) is 19.2 Å². The maximum Gasteiger partial charge on any atom is 0.277 e. The molecule has 0 bridgehead atoms. The fourth-order valence-corrected chi connectivity index (χ4v) is 3.88. The van der Waals surface area contributed by atoms with E-state index in [2.05, 4.69) is 24.3 Å². The van der Waals surface area contributed by atoms with E-state index in [1.807, 2.05) is 4.90 Å². The summed E-state index contributed by atoms with van der Waals surface area (Å²) in [7, 11) is 0. The van der Waals surface area contributed by atoms with Crippen LogP contribution in [-0.2, 0) is 0 Å². The molecule has 1 aromatic carbocycles. The van der Waals surface area contributed by atoms with Crippen molar-refractivity contribution in [2.24, 2.45) is 11.8 Å². The summed E-state index contributed by atoms with van der Waals surface area (Å²) in [6, 6.07) is 12.0. The summed E-state index contributed by atoms with van der Waals surface area (Å²) in [6.45, 7) is 5.76. The lowest BCUT2D eigenvalue weighted by Crippen LogP contribution is -2.42. The van der Waals surface area contributed by atoms with E-state index in [-0.39, 0.29) is 11.6 Å². The van der Waals surface area contributed by atoms with Gasteiger partial charge in [0.1, 0.15) is 0 Å². The quantitative estimate of drug-likeness (QED) is 0.714. The normalized spacial score (nSPS) is 19.2. The van der Waals surface area contributed by atoms with Crippen molar-refractivity contribution >= 4 is 17.5 Å². The third-order valence-electron chi connectivity index (χ3n) is 5.07. The molecule has 2 amide bonds. The molecule has 0 spiro atoms. The Kier molecular flexibility index (Phi) is 5.20. The fourth-order valence-electron chi connectivity index (χ4n) is 3.88. The van der Waals surface area contributed by atoms with Crippen LogP contribution in [0.3, 0.4) is 0 Å². The Morgan fingerprint density at radius 3 is 2.55 bits per heavy atom. The van der Waals surface area contributed by atoms with Crippen LogP contribution in [0.5, 0.6) is 0 Å². The Hall–Kier alpha value is -3.35. The summed E-state index contributed by atoms with van der Waals surface area (Å²) in [6.07, 6.45) is 2.63. The molecular formula is C22H23N3O4. The summed E-state index contributed by atoms with van der Waals surface area (Å²) in [5, 5.41) is 6.60. The van der Waals surface area contributed by atoms with Crippen molar-refractivity contribution < 1.29 is 18.5 Å². The molecule has 150 valence electrons. The van der Waals surface area contributed by atoms with E-state index in [0.717, 1.165) is 19.5 Å². The first-order valence-corrected chi connectivity index (χ1v) is 9.71. The molecule has 1 aliphatic heterocycles. The molecule has 1 saturated heterocycles. The number of benzene rings is 1. The molecule has 3 heterocycles. The monoisotopic (exact) mass is 393 g/mol. The SMILES string of the molecule is C[C@H]1C[C@H](C)CN(C(=O)c2ccccc2NC(=O)c2cc(-c3ccco3)on2)C1. The van der Waals surface area contributed by atoms with Crippen molar-refractivity contribution in [2.75, 3.05) is 18.4 Å². The molecule has 1 aliphatic rings. The average Bonchev–Trinajstić information content (AvgIpc) is 3.39. The highest BCUT2D eigenvalue weighted by atomic mass is 16.5. The summed E-state index contributed by atoms with van der Waals surface area (Å²) in [5.74, 6) is 1.24. The second-order valence-corrected chi connectivity index (χ2v) is 7.71. The zero-order valence-electron chi connectivity index (χ0n) is 16.4. The van der Waals surface area contributed by atoms with Crippen LogP contribution < -0.4 is 5.32 Å². The summed E-state index contributed by atoms with van der Waals surface area (Å²) >= 11 is 0. The van der Waals surface area contributed by atoms with Gasteiger partial charge < -0.3 is 19.2 Å². The van der Waals surface area contributed by atoms with Crippen molar-refractivity contribution in [3.05, 3.63) is 60.0 Å². The number of aromatic nitrogens is 1.